The molecule has 3 N–H and O–H groups in total. The van der Waals surface area contributed by atoms with Crippen LogP contribution < -0.4 is 5.73 Å². The van der Waals surface area contributed by atoms with Gasteiger partial charge in [0, 0.05) is 18.6 Å². The van der Waals surface area contributed by atoms with Gasteiger partial charge in [-0.1, -0.05) is 13.8 Å². The quantitative estimate of drug-likeness (QED) is 0.813. The molecule has 1 atom stereocenters. The molecule has 18 heavy (non-hydrogen) atoms. The predicted octanol–water partition coefficient (Wildman–Crippen LogP) is 2.32. The highest BCUT2D eigenvalue weighted by molar-refractivity contribution is 5.03. The summed E-state index contributed by atoms with van der Waals surface area (Å²) in [5.74, 6) is 1.55. The molecule has 0 amide bonds. The van der Waals surface area contributed by atoms with Gasteiger partial charge in [-0.15, -0.1) is 0 Å². The average Bonchev–Trinajstić information content (AvgIpc) is 2.39. The third kappa shape index (κ3) is 2.45. The number of rotatable bonds is 3. The van der Waals surface area contributed by atoms with E-state index in [1.54, 1.807) is 0 Å². The lowest BCUT2D eigenvalue weighted by Crippen LogP contribution is -2.58. The molecular formula is C15H29NO2. The molecule has 0 aromatic heterocycles. The van der Waals surface area contributed by atoms with Crippen LogP contribution in [0.25, 0.3) is 0 Å². The number of hydrogen-bond donors (Lipinski definition) is 2. The van der Waals surface area contributed by atoms with Crippen LogP contribution in [0.1, 0.15) is 52.4 Å². The molecule has 1 saturated heterocycles. The predicted molar refractivity (Wildman–Crippen MR) is 73.3 cm³/mol. The minimum absolute atomic E-state index is 0.0984. The van der Waals surface area contributed by atoms with Crippen molar-refractivity contribution in [3.63, 3.8) is 0 Å². The van der Waals surface area contributed by atoms with Crippen molar-refractivity contribution in [3.05, 3.63) is 0 Å². The highest BCUT2D eigenvalue weighted by Gasteiger charge is 2.51. The van der Waals surface area contributed by atoms with Crippen molar-refractivity contribution in [1.29, 1.82) is 0 Å². The summed E-state index contributed by atoms with van der Waals surface area (Å²) in [6, 6.07) is 0. The van der Waals surface area contributed by atoms with E-state index in [-0.39, 0.29) is 5.41 Å². The fourth-order valence-electron chi connectivity index (χ4n) is 3.92. The first-order chi connectivity index (χ1) is 8.53. The number of hydrogen-bond acceptors (Lipinski definition) is 3. The van der Waals surface area contributed by atoms with Gasteiger partial charge in [-0.3, -0.25) is 0 Å². The summed E-state index contributed by atoms with van der Waals surface area (Å²) in [6.07, 6.45) is 6.36. The van der Waals surface area contributed by atoms with Gasteiger partial charge >= 0.3 is 0 Å². The summed E-state index contributed by atoms with van der Waals surface area (Å²) in [7, 11) is 0. The van der Waals surface area contributed by atoms with Gasteiger partial charge in [0.15, 0.2) is 0 Å². The van der Waals surface area contributed by atoms with Crippen LogP contribution in [0.2, 0.25) is 0 Å². The van der Waals surface area contributed by atoms with E-state index in [1.165, 1.54) is 12.8 Å². The van der Waals surface area contributed by atoms with E-state index in [9.17, 15) is 5.11 Å². The van der Waals surface area contributed by atoms with Gasteiger partial charge < -0.3 is 15.6 Å². The summed E-state index contributed by atoms with van der Waals surface area (Å²) in [6.45, 7) is 6.48. The Labute approximate surface area is 111 Å². The van der Waals surface area contributed by atoms with E-state index >= 15 is 0 Å². The standard InChI is InChI=1S/C15H29NO2/c1-12(2)13-4-7-14(10-16,8-5-13)15(17)6-3-9-18-11-15/h12-13,17H,3-11,16H2,1-2H3. The van der Waals surface area contributed by atoms with E-state index in [2.05, 4.69) is 13.8 Å². The molecule has 2 aliphatic rings. The van der Waals surface area contributed by atoms with Gasteiger partial charge in [0.25, 0.3) is 0 Å². The number of aliphatic hydroxyl groups is 1. The fourth-order valence-corrected chi connectivity index (χ4v) is 3.92. The largest absolute Gasteiger partial charge is 0.387 e. The molecule has 1 saturated carbocycles. The van der Waals surface area contributed by atoms with Gasteiger partial charge in [-0.25, -0.2) is 0 Å². The minimum Gasteiger partial charge on any atom is -0.387 e. The lowest BCUT2D eigenvalue weighted by atomic mass is 9.59. The topological polar surface area (TPSA) is 55.5 Å². The summed E-state index contributed by atoms with van der Waals surface area (Å²) in [5, 5.41) is 11.0. The van der Waals surface area contributed by atoms with E-state index in [0.717, 1.165) is 44.1 Å². The Hall–Kier alpha value is -0.120. The van der Waals surface area contributed by atoms with Crippen LogP contribution in [0.4, 0.5) is 0 Å². The zero-order valence-electron chi connectivity index (χ0n) is 12.0. The Morgan fingerprint density at radius 2 is 1.94 bits per heavy atom. The van der Waals surface area contributed by atoms with Crippen molar-refractivity contribution in [2.75, 3.05) is 19.8 Å². The molecule has 0 spiro atoms. The monoisotopic (exact) mass is 255 g/mol. The molecule has 106 valence electrons. The molecule has 3 nitrogen and oxygen atoms in total. The molecular weight excluding hydrogens is 226 g/mol. The third-order valence-corrected chi connectivity index (χ3v) is 5.53. The van der Waals surface area contributed by atoms with E-state index in [4.69, 9.17) is 10.5 Å². The Morgan fingerprint density at radius 1 is 1.28 bits per heavy atom. The highest BCUT2D eigenvalue weighted by atomic mass is 16.5. The van der Waals surface area contributed by atoms with Gasteiger partial charge in [0.1, 0.15) is 0 Å². The Balaban J connectivity index is 2.08. The second-order valence-electron chi connectivity index (χ2n) is 6.75. The van der Waals surface area contributed by atoms with Gasteiger partial charge in [-0.05, 0) is 50.4 Å². The van der Waals surface area contributed by atoms with Crippen molar-refractivity contribution in [2.45, 2.75) is 58.0 Å². The molecule has 1 unspecified atom stereocenters. The van der Waals surface area contributed by atoms with Crippen LogP contribution in [0.5, 0.6) is 0 Å². The van der Waals surface area contributed by atoms with E-state index in [0.29, 0.717) is 13.2 Å². The molecule has 1 aliphatic carbocycles. The van der Waals surface area contributed by atoms with Gasteiger partial charge in [0.2, 0.25) is 0 Å². The molecule has 1 heterocycles. The number of nitrogens with two attached hydrogens (primary N) is 1. The van der Waals surface area contributed by atoms with Crippen LogP contribution in [0.15, 0.2) is 0 Å². The fraction of sp³-hybridized carbons (Fsp3) is 1.00. The summed E-state index contributed by atoms with van der Waals surface area (Å²) in [4.78, 5) is 0. The Kier molecular flexibility index (Phi) is 4.35. The molecule has 1 aliphatic heterocycles. The molecule has 2 rings (SSSR count). The van der Waals surface area contributed by atoms with Crippen molar-refractivity contribution in [3.8, 4) is 0 Å². The molecule has 3 heteroatoms. The van der Waals surface area contributed by atoms with Crippen molar-refractivity contribution < 1.29 is 9.84 Å². The smallest absolute Gasteiger partial charge is 0.0948 e. The maximum Gasteiger partial charge on any atom is 0.0948 e. The maximum atomic E-state index is 11.0. The van der Waals surface area contributed by atoms with Crippen LogP contribution >= 0.6 is 0 Å². The molecule has 2 fully saturated rings. The zero-order chi connectivity index (χ0) is 13.2. The van der Waals surface area contributed by atoms with E-state index in [1.807, 2.05) is 0 Å². The van der Waals surface area contributed by atoms with Crippen LogP contribution in [0.3, 0.4) is 0 Å². The third-order valence-electron chi connectivity index (χ3n) is 5.53. The Morgan fingerprint density at radius 3 is 2.39 bits per heavy atom. The maximum absolute atomic E-state index is 11.0. The molecule has 0 aromatic carbocycles. The second-order valence-corrected chi connectivity index (χ2v) is 6.75. The summed E-state index contributed by atoms with van der Waals surface area (Å²) < 4.78 is 5.53. The second kappa shape index (κ2) is 5.48. The summed E-state index contributed by atoms with van der Waals surface area (Å²) >= 11 is 0. The lowest BCUT2D eigenvalue weighted by molar-refractivity contribution is -0.173. The highest BCUT2D eigenvalue weighted by Crippen LogP contribution is 2.49. The molecule has 0 aromatic rings. The van der Waals surface area contributed by atoms with Crippen molar-refractivity contribution >= 4 is 0 Å². The first-order valence-corrected chi connectivity index (χ1v) is 7.53. The zero-order valence-corrected chi connectivity index (χ0v) is 12.0. The van der Waals surface area contributed by atoms with Gasteiger partial charge in [-0.2, -0.15) is 0 Å². The lowest BCUT2D eigenvalue weighted by Gasteiger charge is -2.52. The molecule has 0 bridgehead atoms. The average molecular weight is 255 g/mol. The van der Waals surface area contributed by atoms with Crippen LogP contribution in [-0.2, 0) is 4.74 Å². The minimum atomic E-state index is -0.679. The molecule has 0 radical (unpaired) electrons. The SMILES string of the molecule is CC(C)C1CCC(CN)(C2(O)CCCOC2)CC1. The van der Waals surface area contributed by atoms with E-state index < -0.39 is 5.60 Å². The van der Waals surface area contributed by atoms with Crippen LogP contribution in [-0.4, -0.2) is 30.5 Å². The van der Waals surface area contributed by atoms with Crippen LogP contribution in [0, 0.1) is 17.3 Å². The Bertz CT molecular complexity index is 264. The number of ether oxygens (including phenoxy) is 1. The normalized spacial score (nSPS) is 42.2. The summed E-state index contributed by atoms with van der Waals surface area (Å²) in [5.41, 5.74) is 5.28. The first-order valence-electron chi connectivity index (χ1n) is 7.53. The van der Waals surface area contributed by atoms with Crippen molar-refractivity contribution in [1.82, 2.24) is 0 Å². The van der Waals surface area contributed by atoms with Crippen molar-refractivity contribution in [2.24, 2.45) is 23.0 Å². The first kappa shape index (κ1) is 14.3. The van der Waals surface area contributed by atoms with Gasteiger partial charge in [0.05, 0.1) is 12.2 Å².